The van der Waals surface area contributed by atoms with Crippen LogP contribution in [0.15, 0.2) is 47.4 Å². The van der Waals surface area contributed by atoms with Gasteiger partial charge in [-0.25, -0.2) is 0 Å². The lowest BCUT2D eigenvalue weighted by molar-refractivity contribution is -0.137. The van der Waals surface area contributed by atoms with E-state index in [2.05, 4.69) is 5.32 Å². The van der Waals surface area contributed by atoms with Gasteiger partial charge in [0.25, 0.3) is 5.56 Å². The van der Waals surface area contributed by atoms with Gasteiger partial charge in [-0.2, -0.15) is 13.2 Å². The molecular formula is C29H30F3N3O4. The number of carbonyl (C=O) groups is 1. The van der Waals surface area contributed by atoms with Gasteiger partial charge in [-0.1, -0.05) is 0 Å². The van der Waals surface area contributed by atoms with Crippen molar-refractivity contribution in [3.63, 3.8) is 0 Å². The molecule has 1 aliphatic carbocycles. The molecule has 7 nitrogen and oxygen atoms in total. The number of hydrogen-bond donors (Lipinski definition) is 1. The van der Waals surface area contributed by atoms with Crippen molar-refractivity contribution in [2.24, 2.45) is 0 Å². The number of hydrogen-bond acceptors (Lipinski definition) is 5. The monoisotopic (exact) mass is 541 g/mol. The van der Waals surface area contributed by atoms with Gasteiger partial charge >= 0.3 is 6.18 Å². The number of anilines is 1. The number of aromatic nitrogens is 1. The first-order chi connectivity index (χ1) is 18.6. The van der Waals surface area contributed by atoms with E-state index in [0.29, 0.717) is 66.2 Å². The van der Waals surface area contributed by atoms with Gasteiger partial charge in [0.1, 0.15) is 11.5 Å². The van der Waals surface area contributed by atoms with Gasteiger partial charge in [0, 0.05) is 55.1 Å². The predicted molar refractivity (Wildman–Crippen MR) is 142 cm³/mol. The number of fused-ring (bicyclic) bond motifs is 1. The van der Waals surface area contributed by atoms with Crippen molar-refractivity contribution in [3.05, 3.63) is 69.6 Å². The average molecular weight is 542 g/mol. The highest BCUT2D eigenvalue weighted by molar-refractivity contribution is 5.74. The topological polar surface area (TPSA) is 72.8 Å². The molecular weight excluding hydrogens is 511 g/mol. The molecule has 1 unspecified atom stereocenters. The zero-order chi connectivity index (χ0) is 27.9. The van der Waals surface area contributed by atoms with Gasteiger partial charge in [0.05, 0.1) is 25.5 Å². The minimum atomic E-state index is -4.67. The van der Waals surface area contributed by atoms with Gasteiger partial charge in [-0.15, -0.1) is 0 Å². The molecule has 1 aromatic heterocycles. The van der Waals surface area contributed by atoms with Crippen LogP contribution in [0.2, 0.25) is 0 Å². The second-order valence-electron chi connectivity index (χ2n) is 9.96. The Morgan fingerprint density at radius 2 is 1.72 bits per heavy atom. The fourth-order valence-electron chi connectivity index (χ4n) is 5.63. The highest BCUT2D eigenvalue weighted by atomic mass is 19.4. The Labute approximate surface area is 224 Å². The minimum Gasteiger partial charge on any atom is -0.497 e. The maximum atomic E-state index is 14.3. The third-order valence-electron chi connectivity index (χ3n) is 7.45. The molecule has 0 radical (unpaired) electrons. The Hall–Kier alpha value is -3.95. The quantitative estimate of drug-likeness (QED) is 0.488. The van der Waals surface area contributed by atoms with Gasteiger partial charge in [-0.3, -0.25) is 14.2 Å². The van der Waals surface area contributed by atoms with E-state index in [1.165, 1.54) is 39.5 Å². The molecule has 0 spiro atoms. The summed E-state index contributed by atoms with van der Waals surface area (Å²) in [5, 5.41) is 2.87. The lowest BCUT2D eigenvalue weighted by atomic mass is 9.98. The van der Waals surface area contributed by atoms with E-state index in [1.54, 1.807) is 18.2 Å². The highest BCUT2D eigenvalue weighted by Gasteiger charge is 2.36. The summed E-state index contributed by atoms with van der Waals surface area (Å²) in [6.45, 7) is 2.48. The number of benzene rings is 2. The number of nitrogens with one attached hydrogen (secondary N) is 1. The van der Waals surface area contributed by atoms with Crippen molar-refractivity contribution in [1.29, 1.82) is 0 Å². The standard InChI is InChI=1S/C29H30F3N3O4/c1-17(36)33-19-9-10-34(15-19)20-7-8-26(29(30,31)32)27(13-20)35-16-25(23-5-4-6-24(23)28(35)37)18-11-21(38-2)14-22(12-18)39-3/h7-8,11-14,16,19H,4-6,9-10,15H2,1-3H3,(H,33,36). The van der Waals surface area contributed by atoms with Crippen LogP contribution >= 0.6 is 0 Å². The number of alkyl halides is 3. The maximum absolute atomic E-state index is 14.3. The van der Waals surface area contributed by atoms with E-state index < -0.39 is 17.3 Å². The molecule has 0 saturated carbocycles. The van der Waals surface area contributed by atoms with Crippen LogP contribution in [0.25, 0.3) is 16.8 Å². The molecule has 1 fully saturated rings. The third-order valence-corrected chi connectivity index (χ3v) is 7.45. The number of amides is 1. The Kier molecular flexibility index (Phi) is 7.05. The molecule has 10 heteroatoms. The van der Waals surface area contributed by atoms with E-state index in [9.17, 15) is 22.8 Å². The summed E-state index contributed by atoms with van der Waals surface area (Å²) in [5.41, 5.74) is 1.74. The molecule has 1 saturated heterocycles. The third kappa shape index (κ3) is 5.20. The van der Waals surface area contributed by atoms with E-state index in [-0.39, 0.29) is 17.6 Å². The van der Waals surface area contributed by atoms with Crippen LogP contribution in [0.5, 0.6) is 11.5 Å². The van der Waals surface area contributed by atoms with Crippen molar-refractivity contribution < 1.29 is 27.4 Å². The van der Waals surface area contributed by atoms with E-state index >= 15 is 0 Å². The number of nitrogens with zero attached hydrogens (tertiary/aromatic N) is 2. The molecule has 39 heavy (non-hydrogen) atoms. The van der Waals surface area contributed by atoms with Gasteiger partial charge in [0.2, 0.25) is 5.91 Å². The van der Waals surface area contributed by atoms with Crippen LogP contribution in [0.3, 0.4) is 0 Å². The molecule has 1 aliphatic heterocycles. The first-order valence-corrected chi connectivity index (χ1v) is 12.8. The first-order valence-electron chi connectivity index (χ1n) is 12.8. The normalized spacial score (nSPS) is 16.8. The predicted octanol–water partition coefficient (Wildman–Crippen LogP) is 4.74. The summed E-state index contributed by atoms with van der Waals surface area (Å²) in [6, 6.07) is 9.09. The fraction of sp³-hybridized carbons (Fsp3) is 0.379. The fourth-order valence-corrected chi connectivity index (χ4v) is 5.63. The van der Waals surface area contributed by atoms with Crippen LogP contribution in [-0.4, -0.2) is 43.8 Å². The SMILES string of the molecule is COc1cc(OC)cc(-c2cn(-c3cc(N4CCC(NC(C)=O)C4)ccc3C(F)(F)F)c(=O)c3c2CCC3)c1. The molecule has 0 bridgehead atoms. The Morgan fingerprint density at radius 1 is 1.03 bits per heavy atom. The summed E-state index contributed by atoms with van der Waals surface area (Å²) in [5.74, 6) is 0.922. The summed E-state index contributed by atoms with van der Waals surface area (Å²) in [6.07, 6.45) is -0.586. The Balaban J connectivity index is 1.68. The summed E-state index contributed by atoms with van der Waals surface area (Å²) in [7, 11) is 3.06. The second-order valence-corrected chi connectivity index (χ2v) is 9.96. The van der Waals surface area contributed by atoms with Crippen molar-refractivity contribution >= 4 is 11.6 Å². The average Bonchev–Trinajstić information content (AvgIpc) is 3.58. The van der Waals surface area contributed by atoms with Gasteiger partial charge in [-0.05, 0) is 67.1 Å². The molecule has 3 aromatic rings. The molecule has 2 aliphatic rings. The van der Waals surface area contributed by atoms with Crippen LogP contribution in [0.4, 0.5) is 18.9 Å². The second kappa shape index (κ2) is 10.3. The van der Waals surface area contributed by atoms with Crippen LogP contribution in [0.1, 0.15) is 36.5 Å². The van der Waals surface area contributed by atoms with Crippen LogP contribution < -0.4 is 25.2 Å². The zero-order valence-electron chi connectivity index (χ0n) is 22.0. The molecule has 2 aromatic carbocycles. The zero-order valence-corrected chi connectivity index (χ0v) is 22.0. The van der Waals surface area contributed by atoms with E-state index in [4.69, 9.17) is 9.47 Å². The van der Waals surface area contributed by atoms with Crippen molar-refractivity contribution in [3.8, 4) is 28.3 Å². The van der Waals surface area contributed by atoms with Gasteiger partial charge in [0.15, 0.2) is 0 Å². The maximum Gasteiger partial charge on any atom is 0.418 e. The molecule has 2 heterocycles. The number of pyridine rings is 1. The molecule has 1 N–H and O–H groups in total. The molecule has 1 amide bonds. The number of halogens is 3. The molecule has 5 rings (SSSR count). The first kappa shape index (κ1) is 26.6. The number of carbonyl (C=O) groups excluding carboxylic acids is 1. The van der Waals surface area contributed by atoms with Crippen LogP contribution in [-0.2, 0) is 23.8 Å². The number of methoxy groups -OCH3 is 2. The Morgan fingerprint density at radius 3 is 2.36 bits per heavy atom. The van der Waals surface area contributed by atoms with Crippen LogP contribution in [0, 0.1) is 0 Å². The summed E-state index contributed by atoms with van der Waals surface area (Å²) >= 11 is 0. The lowest BCUT2D eigenvalue weighted by Gasteiger charge is -2.23. The Bertz CT molecular complexity index is 1460. The van der Waals surface area contributed by atoms with E-state index in [1.807, 2.05) is 4.90 Å². The summed E-state index contributed by atoms with van der Waals surface area (Å²) < 4.78 is 54.8. The lowest BCUT2D eigenvalue weighted by Crippen LogP contribution is -2.35. The van der Waals surface area contributed by atoms with Gasteiger partial charge < -0.3 is 19.7 Å². The smallest absolute Gasteiger partial charge is 0.418 e. The molecule has 1 atom stereocenters. The number of rotatable bonds is 6. The number of ether oxygens (including phenoxy) is 2. The minimum absolute atomic E-state index is 0.0920. The van der Waals surface area contributed by atoms with E-state index in [0.717, 1.165) is 22.6 Å². The highest BCUT2D eigenvalue weighted by Crippen LogP contribution is 2.39. The molecule has 206 valence electrons. The largest absolute Gasteiger partial charge is 0.497 e. The van der Waals surface area contributed by atoms with Crippen molar-refractivity contribution in [2.45, 2.75) is 44.8 Å². The van der Waals surface area contributed by atoms with Crippen molar-refractivity contribution in [2.75, 3.05) is 32.2 Å². The summed E-state index contributed by atoms with van der Waals surface area (Å²) in [4.78, 5) is 27.1. The van der Waals surface area contributed by atoms with Crippen molar-refractivity contribution in [1.82, 2.24) is 9.88 Å².